The summed E-state index contributed by atoms with van der Waals surface area (Å²) in [6.45, 7) is 2.59. The third-order valence-corrected chi connectivity index (χ3v) is 6.84. The Morgan fingerprint density at radius 1 is 1.16 bits per heavy atom. The number of para-hydroxylation sites is 1. The van der Waals surface area contributed by atoms with Crippen LogP contribution < -0.4 is 14.8 Å². The van der Waals surface area contributed by atoms with Gasteiger partial charge in [-0.05, 0) is 36.8 Å². The van der Waals surface area contributed by atoms with Crippen LogP contribution in [0.3, 0.4) is 0 Å². The molecule has 0 bridgehead atoms. The van der Waals surface area contributed by atoms with Crippen LogP contribution in [-0.2, 0) is 16.0 Å². The second kappa shape index (κ2) is 11.9. The van der Waals surface area contributed by atoms with Crippen LogP contribution in [0.5, 0.6) is 11.5 Å². The summed E-state index contributed by atoms with van der Waals surface area (Å²) < 4.78 is 11.2. The molecule has 1 atom stereocenters. The highest BCUT2D eigenvalue weighted by Gasteiger charge is 2.35. The van der Waals surface area contributed by atoms with Crippen molar-refractivity contribution in [2.75, 3.05) is 20.8 Å². The van der Waals surface area contributed by atoms with E-state index in [1.807, 2.05) is 29.6 Å². The quantitative estimate of drug-likeness (QED) is 0.528. The fourth-order valence-corrected chi connectivity index (χ4v) is 5.01. The Morgan fingerprint density at radius 2 is 1.94 bits per heavy atom. The number of rotatable bonds is 11. The first kappa shape index (κ1) is 24.1. The largest absolute Gasteiger partial charge is 0.493 e. The number of hydrogen-bond donors (Lipinski definition) is 1. The molecule has 2 amide bonds. The lowest BCUT2D eigenvalue weighted by Crippen LogP contribution is -2.47. The van der Waals surface area contributed by atoms with Gasteiger partial charge in [-0.15, -0.1) is 11.3 Å². The lowest BCUT2D eigenvalue weighted by Gasteiger charge is -2.33. The molecule has 1 N–H and O–H groups in total. The van der Waals surface area contributed by atoms with Crippen LogP contribution in [0.1, 0.15) is 61.9 Å². The molecule has 1 saturated carbocycles. The fourth-order valence-electron chi connectivity index (χ4n) is 4.32. The van der Waals surface area contributed by atoms with E-state index in [-0.39, 0.29) is 24.3 Å². The summed E-state index contributed by atoms with van der Waals surface area (Å²) in [4.78, 5) is 29.9. The number of methoxy groups -OCH3 is 2. The Bertz CT molecular complexity index is 878. The maximum absolute atomic E-state index is 13.7. The highest BCUT2D eigenvalue weighted by molar-refractivity contribution is 7.10. The monoisotopic (exact) mass is 458 g/mol. The van der Waals surface area contributed by atoms with Gasteiger partial charge in [-0.1, -0.05) is 44.4 Å². The van der Waals surface area contributed by atoms with Crippen LogP contribution in [0, 0.1) is 0 Å². The molecule has 32 heavy (non-hydrogen) atoms. The van der Waals surface area contributed by atoms with Crippen molar-refractivity contribution >= 4 is 23.2 Å². The molecule has 1 aliphatic carbocycles. The van der Waals surface area contributed by atoms with Crippen molar-refractivity contribution in [2.24, 2.45) is 0 Å². The molecular weight excluding hydrogens is 424 g/mol. The van der Waals surface area contributed by atoms with Crippen molar-refractivity contribution < 1.29 is 19.1 Å². The first-order chi connectivity index (χ1) is 15.6. The van der Waals surface area contributed by atoms with E-state index in [4.69, 9.17) is 9.47 Å². The van der Waals surface area contributed by atoms with Crippen LogP contribution in [0.2, 0.25) is 0 Å². The van der Waals surface area contributed by atoms with Crippen molar-refractivity contribution in [3.8, 4) is 11.5 Å². The van der Waals surface area contributed by atoms with E-state index in [1.54, 1.807) is 36.5 Å². The Morgan fingerprint density at radius 3 is 2.56 bits per heavy atom. The van der Waals surface area contributed by atoms with Gasteiger partial charge in [0, 0.05) is 23.0 Å². The third kappa shape index (κ3) is 5.82. The average molecular weight is 459 g/mol. The highest BCUT2D eigenvalue weighted by Crippen LogP contribution is 2.38. The molecule has 7 heteroatoms. The number of nitrogens with zero attached hydrogens (tertiary/aromatic N) is 1. The molecule has 0 saturated heterocycles. The molecule has 1 aromatic carbocycles. The summed E-state index contributed by atoms with van der Waals surface area (Å²) in [6, 6.07) is 8.78. The molecule has 6 nitrogen and oxygen atoms in total. The zero-order valence-corrected chi connectivity index (χ0v) is 20.1. The lowest BCUT2D eigenvalue weighted by molar-refractivity contribution is -0.140. The standard InChI is InChI=1S/C25H34N2O4S/c1-4-5-15-27(22(28)17-19-12-9-16-32-19)23(25(29)26-18-10-6-7-11-18)20-13-8-14-21(30-2)24(20)31-3/h8-9,12-14,16,18,23H,4-7,10-11,15,17H2,1-3H3,(H,26,29)/t23-/m1/s1. The summed E-state index contributed by atoms with van der Waals surface area (Å²) in [6.07, 6.45) is 6.22. The maximum atomic E-state index is 13.7. The molecule has 1 fully saturated rings. The van der Waals surface area contributed by atoms with Crippen molar-refractivity contribution in [1.29, 1.82) is 0 Å². The van der Waals surface area contributed by atoms with Crippen LogP contribution >= 0.6 is 11.3 Å². The number of carbonyl (C=O) groups is 2. The molecule has 174 valence electrons. The third-order valence-electron chi connectivity index (χ3n) is 5.97. The number of unbranched alkanes of at least 4 members (excludes halogenated alkanes) is 1. The number of thiophene rings is 1. The van der Waals surface area contributed by atoms with E-state index < -0.39 is 6.04 Å². The predicted molar refractivity (Wildman–Crippen MR) is 127 cm³/mol. The zero-order chi connectivity index (χ0) is 22.9. The smallest absolute Gasteiger partial charge is 0.247 e. The van der Waals surface area contributed by atoms with E-state index in [9.17, 15) is 9.59 Å². The summed E-state index contributed by atoms with van der Waals surface area (Å²) >= 11 is 1.56. The van der Waals surface area contributed by atoms with E-state index in [2.05, 4.69) is 12.2 Å². The first-order valence-electron chi connectivity index (χ1n) is 11.4. The van der Waals surface area contributed by atoms with E-state index in [0.29, 0.717) is 23.6 Å². The van der Waals surface area contributed by atoms with E-state index in [1.165, 1.54) is 0 Å². The zero-order valence-electron chi connectivity index (χ0n) is 19.3. The number of benzene rings is 1. The van der Waals surface area contributed by atoms with Gasteiger partial charge in [0.05, 0.1) is 20.6 Å². The topological polar surface area (TPSA) is 67.9 Å². The van der Waals surface area contributed by atoms with Gasteiger partial charge >= 0.3 is 0 Å². The average Bonchev–Trinajstić information content (AvgIpc) is 3.50. The van der Waals surface area contributed by atoms with Gasteiger partial charge < -0.3 is 19.7 Å². The van der Waals surface area contributed by atoms with Gasteiger partial charge in [0.1, 0.15) is 6.04 Å². The molecule has 0 aliphatic heterocycles. The molecule has 0 unspecified atom stereocenters. The minimum absolute atomic E-state index is 0.0580. The Labute approximate surface area is 194 Å². The van der Waals surface area contributed by atoms with Crippen molar-refractivity contribution in [2.45, 2.75) is 64.0 Å². The van der Waals surface area contributed by atoms with Crippen LogP contribution in [0.15, 0.2) is 35.7 Å². The Hall–Kier alpha value is -2.54. The first-order valence-corrected chi connectivity index (χ1v) is 12.3. The summed E-state index contributed by atoms with van der Waals surface area (Å²) in [7, 11) is 3.14. The van der Waals surface area contributed by atoms with Gasteiger partial charge in [0.15, 0.2) is 11.5 Å². The lowest BCUT2D eigenvalue weighted by atomic mass is 10.0. The Balaban J connectivity index is 2.01. The highest BCUT2D eigenvalue weighted by atomic mass is 32.1. The Kier molecular flexibility index (Phi) is 8.97. The summed E-state index contributed by atoms with van der Waals surface area (Å²) in [5.41, 5.74) is 0.651. The molecule has 0 spiro atoms. The molecule has 0 radical (unpaired) electrons. The number of hydrogen-bond acceptors (Lipinski definition) is 5. The van der Waals surface area contributed by atoms with Crippen LogP contribution in [0.25, 0.3) is 0 Å². The van der Waals surface area contributed by atoms with Crippen LogP contribution in [0.4, 0.5) is 0 Å². The number of ether oxygens (including phenoxy) is 2. The molecule has 2 aromatic rings. The molecule has 1 heterocycles. The summed E-state index contributed by atoms with van der Waals surface area (Å²) in [5, 5.41) is 5.18. The molecule has 1 aliphatic rings. The molecular formula is C25H34N2O4S. The van der Waals surface area contributed by atoms with Crippen molar-refractivity contribution in [1.82, 2.24) is 10.2 Å². The molecule has 3 rings (SSSR count). The SMILES string of the molecule is CCCCN(C(=O)Cc1cccs1)[C@@H](C(=O)NC1CCCC1)c1cccc(OC)c1OC. The summed E-state index contributed by atoms with van der Waals surface area (Å²) in [5.74, 6) is 0.827. The van der Waals surface area contributed by atoms with Gasteiger partial charge in [-0.2, -0.15) is 0 Å². The van der Waals surface area contributed by atoms with Crippen LogP contribution in [-0.4, -0.2) is 43.5 Å². The van der Waals surface area contributed by atoms with Crippen molar-refractivity contribution in [3.05, 3.63) is 46.2 Å². The minimum Gasteiger partial charge on any atom is -0.493 e. The minimum atomic E-state index is -0.778. The maximum Gasteiger partial charge on any atom is 0.247 e. The van der Waals surface area contributed by atoms with Gasteiger partial charge in [0.2, 0.25) is 11.8 Å². The second-order valence-electron chi connectivity index (χ2n) is 8.17. The number of nitrogens with one attached hydrogen (secondary N) is 1. The van der Waals surface area contributed by atoms with E-state index in [0.717, 1.165) is 43.4 Å². The van der Waals surface area contributed by atoms with E-state index >= 15 is 0 Å². The normalized spacial score (nSPS) is 14.7. The molecule has 1 aromatic heterocycles. The predicted octanol–water partition coefficient (Wildman–Crippen LogP) is 4.74. The number of carbonyl (C=O) groups excluding carboxylic acids is 2. The van der Waals surface area contributed by atoms with Gasteiger partial charge in [-0.25, -0.2) is 0 Å². The van der Waals surface area contributed by atoms with Gasteiger partial charge in [-0.3, -0.25) is 9.59 Å². The fraction of sp³-hybridized carbons (Fsp3) is 0.520. The van der Waals surface area contributed by atoms with Crippen molar-refractivity contribution in [3.63, 3.8) is 0 Å². The van der Waals surface area contributed by atoms with Gasteiger partial charge in [0.25, 0.3) is 0 Å². The number of amides is 2. The second-order valence-corrected chi connectivity index (χ2v) is 9.20.